The van der Waals surface area contributed by atoms with Gasteiger partial charge < -0.3 is 19.7 Å². The molecule has 0 unspecified atom stereocenters. The predicted molar refractivity (Wildman–Crippen MR) is 54.7 cm³/mol. The van der Waals surface area contributed by atoms with E-state index < -0.39 is 24.5 Å². The van der Waals surface area contributed by atoms with Gasteiger partial charge in [-0.2, -0.15) is 4.98 Å². The summed E-state index contributed by atoms with van der Waals surface area (Å²) in [4.78, 5) is 15.1. The molecule has 0 saturated carbocycles. The van der Waals surface area contributed by atoms with E-state index in [0.717, 1.165) is 0 Å². The second kappa shape index (κ2) is 3.52. The van der Waals surface area contributed by atoms with Crippen LogP contribution in [0.4, 0.5) is 0 Å². The summed E-state index contributed by atoms with van der Waals surface area (Å²) in [5.41, 5.74) is 0.118. The molecule has 1 fully saturated rings. The summed E-state index contributed by atoms with van der Waals surface area (Å²) in [7, 11) is 0. The Balaban J connectivity index is 2.02. The quantitative estimate of drug-likeness (QED) is 0.624. The molecule has 2 aliphatic rings. The van der Waals surface area contributed by atoms with E-state index in [1.165, 1.54) is 0 Å². The number of hydrogen-bond acceptors (Lipinski definition) is 6. The van der Waals surface area contributed by atoms with Gasteiger partial charge in [0.15, 0.2) is 12.3 Å². The first-order valence-corrected chi connectivity index (χ1v) is 5.32. The van der Waals surface area contributed by atoms with Crippen LogP contribution >= 0.6 is 0 Å². The second-order valence-electron chi connectivity index (χ2n) is 4.24. The van der Waals surface area contributed by atoms with Gasteiger partial charge in [0, 0.05) is 11.8 Å². The Bertz CT molecular complexity index is 514. The third kappa shape index (κ3) is 1.40. The van der Waals surface area contributed by atoms with Gasteiger partial charge in [-0.25, -0.2) is 0 Å². The molecule has 17 heavy (non-hydrogen) atoms. The summed E-state index contributed by atoms with van der Waals surface area (Å²) in [5.74, 6) is 0. The van der Waals surface area contributed by atoms with E-state index in [9.17, 15) is 9.90 Å². The molecule has 1 aromatic rings. The normalized spacial score (nSPS) is 34.3. The molecule has 7 nitrogen and oxygen atoms in total. The van der Waals surface area contributed by atoms with Gasteiger partial charge in [-0.05, 0) is 6.92 Å². The molecule has 3 heterocycles. The van der Waals surface area contributed by atoms with Gasteiger partial charge in [0.1, 0.15) is 12.2 Å². The van der Waals surface area contributed by atoms with Crippen LogP contribution in [0, 0.1) is 6.92 Å². The fourth-order valence-electron chi connectivity index (χ4n) is 2.16. The molecule has 0 spiro atoms. The number of aromatic nitrogens is 2. The van der Waals surface area contributed by atoms with Crippen LogP contribution in [0.15, 0.2) is 11.0 Å². The van der Waals surface area contributed by atoms with Crippen LogP contribution in [0.5, 0.6) is 6.01 Å². The van der Waals surface area contributed by atoms with E-state index in [2.05, 4.69) is 4.98 Å². The summed E-state index contributed by atoms with van der Waals surface area (Å²) in [6.45, 7) is 1.37. The second-order valence-corrected chi connectivity index (χ2v) is 4.24. The van der Waals surface area contributed by atoms with E-state index in [4.69, 9.17) is 14.6 Å². The van der Waals surface area contributed by atoms with Gasteiger partial charge >= 0.3 is 6.01 Å². The number of aryl methyl sites for hydroxylation is 1. The Labute approximate surface area is 96.2 Å². The summed E-state index contributed by atoms with van der Waals surface area (Å²) < 4.78 is 12.4. The molecule has 0 amide bonds. The first kappa shape index (κ1) is 10.7. The zero-order valence-corrected chi connectivity index (χ0v) is 9.11. The van der Waals surface area contributed by atoms with Crippen LogP contribution in [0.3, 0.4) is 0 Å². The minimum Gasteiger partial charge on any atom is -0.453 e. The number of fused-ring (bicyclic) bond motifs is 3. The van der Waals surface area contributed by atoms with E-state index in [1.807, 2.05) is 0 Å². The van der Waals surface area contributed by atoms with Gasteiger partial charge in [-0.3, -0.25) is 9.36 Å². The smallest absolute Gasteiger partial charge is 0.302 e. The molecule has 1 aromatic heterocycles. The predicted octanol–water partition coefficient (Wildman–Crippen LogP) is -1.44. The highest BCUT2D eigenvalue weighted by Gasteiger charge is 2.50. The lowest BCUT2D eigenvalue weighted by Gasteiger charge is -2.14. The lowest BCUT2D eigenvalue weighted by molar-refractivity contribution is -0.0435. The molecule has 92 valence electrons. The van der Waals surface area contributed by atoms with Crippen molar-refractivity contribution in [2.45, 2.75) is 31.5 Å². The lowest BCUT2D eigenvalue weighted by Crippen LogP contribution is -2.34. The Hall–Kier alpha value is -1.44. The molecule has 2 aliphatic heterocycles. The van der Waals surface area contributed by atoms with Crippen molar-refractivity contribution in [1.82, 2.24) is 9.55 Å². The molecule has 0 aliphatic carbocycles. The van der Waals surface area contributed by atoms with Gasteiger partial charge in [0.05, 0.1) is 6.61 Å². The molecule has 7 heteroatoms. The minimum absolute atomic E-state index is 0.144. The van der Waals surface area contributed by atoms with E-state index in [0.29, 0.717) is 5.56 Å². The molecule has 4 atom stereocenters. The average Bonchev–Trinajstić information content (AvgIpc) is 2.78. The monoisotopic (exact) mass is 240 g/mol. The molecule has 0 radical (unpaired) electrons. The first-order valence-electron chi connectivity index (χ1n) is 5.32. The lowest BCUT2D eigenvalue weighted by atomic mass is 10.1. The highest BCUT2D eigenvalue weighted by Crippen LogP contribution is 2.38. The van der Waals surface area contributed by atoms with Crippen LogP contribution in [0.1, 0.15) is 11.8 Å². The van der Waals surface area contributed by atoms with Gasteiger partial charge in [-0.1, -0.05) is 0 Å². The summed E-state index contributed by atoms with van der Waals surface area (Å²) >= 11 is 0. The third-order valence-electron chi connectivity index (χ3n) is 3.10. The summed E-state index contributed by atoms with van der Waals surface area (Å²) in [6, 6.07) is 0.144. The molecule has 1 saturated heterocycles. The molecule has 0 aromatic carbocycles. The number of rotatable bonds is 1. The number of ether oxygens (including phenoxy) is 2. The fourth-order valence-corrected chi connectivity index (χ4v) is 2.16. The van der Waals surface area contributed by atoms with Crippen molar-refractivity contribution in [3.63, 3.8) is 0 Å². The van der Waals surface area contributed by atoms with Crippen molar-refractivity contribution >= 4 is 0 Å². The molecule has 2 N–H and O–H groups in total. The van der Waals surface area contributed by atoms with Gasteiger partial charge in [-0.15, -0.1) is 0 Å². The third-order valence-corrected chi connectivity index (χ3v) is 3.10. The highest BCUT2D eigenvalue weighted by atomic mass is 16.6. The maximum atomic E-state index is 11.4. The highest BCUT2D eigenvalue weighted by molar-refractivity contribution is 5.15. The zero-order chi connectivity index (χ0) is 12.2. The van der Waals surface area contributed by atoms with Crippen molar-refractivity contribution in [1.29, 1.82) is 0 Å². The van der Waals surface area contributed by atoms with Crippen LogP contribution in [0.25, 0.3) is 0 Å². The van der Waals surface area contributed by atoms with Crippen molar-refractivity contribution in [3.8, 4) is 6.01 Å². The summed E-state index contributed by atoms with van der Waals surface area (Å²) in [5, 5.41) is 18.9. The first-order chi connectivity index (χ1) is 8.11. The molecular weight excluding hydrogens is 228 g/mol. The largest absolute Gasteiger partial charge is 0.453 e. The topological polar surface area (TPSA) is 93.8 Å². The molecule has 0 bridgehead atoms. The van der Waals surface area contributed by atoms with Crippen LogP contribution in [-0.2, 0) is 4.74 Å². The van der Waals surface area contributed by atoms with Crippen LogP contribution in [-0.4, -0.2) is 44.7 Å². The van der Waals surface area contributed by atoms with Crippen LogP contribution < -0.4 is 10.3 Å². The van der Waals surface area contributed by atoms with E-state index >= 15 is 0 Å². The molecular formula is C10H12N2O5. The maximum Gasteiger partial charge on any atom is 0.302 e. The Morgan fingerprint density at radius 2 is 2.35 bits per heavy atom. The maximum absolute atomic E-state index is 11.4. The van der Waals surface area contributed by atoms with Crippen LogP contribution in [0.2, 0.25) is 0 Å². The number of nitrogens with zero attached hydrogens (tertiary/aromatic N) is 2. The minimum atomic E-state index is -0.929. The van der Waals surface area contributed by atoms with E-state index in [1.54, 1.807) is 17.7 Å². The SMILES string of the molecule is Cc1cn2c(nc1=O)O[C@H]1[C@@H](O)[C@@H](CO)O[C@@H]12. The Morgan fingerprint density at radius 3 is 3.06 bits per heavy atom. The van der Waals surface area contributed by atoms with E-state index in [-0.39, 0.29) is 18.2 Å². The number of aliphatic hydroxyl groups is 2. The Morgan fingerprint density at radius 1 is 1.59 bits per heavy atom. The van der Waals surface area contributed by atoms with Crippen molar-refractivity contribution < 1.29 is 19.7 Å². The fraction of sp³-hybridized carbons (Fsp3) is 0.600. The number of aliphatic hydroxyl groups excluding tert-OH is 2. The van der Waals surface area contributed by atoms with Crippen molar-refractivity contribution in [3.05, 3.63) is 22.1 Å². The zero-order valence-electron chi connectivity index (χ0n) is 9.11. The Kier molecular flexibility index (Phi) is 2.22. The van der Waals surface area contributed by atoms with Gasteiger partial charge in [0.25, 0.3) is 5.56 Å². The van der Waals surface area contributed by atoms with Crippen molar-refractivity contribution in [2.24, 2.45) is 0 Å². The van der Waals surface area contributed by atoms with Gasteiger partial charge in [0.2, 0.25) is 0 Å². The molecule has 3 rings (SSSR count). The average molecular weight is 240 g/mol. The standard InChI is InChI=1S/C10H12N2O5/c1-4-2-12-9-7(6(14)5(3-13)16-9)17-10(12)11-8(4)15/h2,5-7,9,13-14H,3H2,1H3/t5-,6+,7+,9+/m1/s1. The van der Waals surface area contributed by atoms with Crippen molar-refractivity contribution in [2.75, 3.05) is 6.61 Å². The number of hydrogen-bond donors (Lipinski definition) is 2. The summed E-state index contributed by atoms with van der Waals surface area (Å²) in [6.07, 6.45) is -1.17.